The summed E-state index contributed by atoms with van der Waals surface area (Å²) in [5.41, 5.74) is 4.08. The molecule has 4 atom stereocenters. The fourth-order valence-electron chi connectivity index (χ4n) is 3.84. The lowest BCUT2D eigenvalue weighted by Gasteiger charge is -2.33. The van der Waals surface area contributed by atoms with Crippen LogP contribution < -0.4 is 5.73 Å². The molecule has 0 saturated heterocycles. The summed E-state index contributed by atoms with van der Waals surface area (Å²) in [6.07, 6.45) is 0.813. The Morgan fingerprint density at radius 3 is 2.50 bits per heavy atom. The number of aliphatic hydroxyl groups is 1. The Hall–Kier alpha value is -1.53. The van der Waals surface area contributed by atoms with E-state index in [0.717, 1.165) is 6.42 Å². The smallest absolute Gasteiger partial charge is 0.343 e. The molecule has 0 amide bonds. The fourth-order valence-corrected chi connectivity index (χ4v) is 3.84. The molecule has 0 spiro atoms. The van der Waals surface area contributed by atoms with Gasteiger partial charge in [0.2, 0.25) is 5.92 Å². The summed E-state index contributed by atoms with van der Waals surface area (Å²) >= 11 is 0. The van der Waals surface area contributed by atoms with Gasteiger partial charge in [-0.2, -0.15) is 0 Å². The number of hydrogen-bond donors (Lipinski definition) is 2. The molecule has 0 heterocycles. The van der Waals surface area contributed by atoms with Crippen LogP contribution in [0.4, 0.5) is 8.78 Å². The molecule has 4 nitrogen and oxygen atoms in total. The molecule has 3 N–H and O–H groups in total. The van der Waals surface area contributed by atoms with E-state index in [9.17, 15) is 18.7 Å². The summed E-state index contributed by atoms with van der Waals surface area (Å²) in [7, 11) is 0. The number of alkyl halides is 2. The van der Waals surface area contributed by atoms with Gasteiger partial charge in [-0.05, 0) is 31.2 Å². The summed E-state index contributed by atoms with van der Waals surface area (Å²) in [6.45, 7) is 0. The molecule has 1 aromatic rings. The lowest BCUT2D eigenvalue weighted by molar-refractivity contribution is -0.180. The molecular formula is C18H23F2NO3. The van der Waals surface area contributed by atoms with Crippen molar-refractivity contribution in [2.24, 2.45) is 11.7 Å². The molecule has 0 aromatic heterocycles. The van der Waals surface area contributed by atoms with Crippen LogP contribution in [0, 0.1) is 5.92 Å². The van der Waals surface area contributed by atoms with Gasteiger partial charge in [-0.15, -0.1) is 0 Å². The molecule has 6 heteroatoms. The minimum Gasteiger partial charge on any atom is -0.460 e. The van der Waals surface area contributed by atoms with Gasteiger partial charge in [0.15, 0.2) is 5.60 Å². The summed E-state index contributed by atoms with van der Waals surface area (Å²) < 4.78 is 32.8. The first kappa shape index (κ1) is 17.3. The molecule has 1 aromatic carbocycles. The van der Waals surface area contributed by atoms with Crippen molar-refractivity contribution in [3.8, 4) is 0 Å². The Balaban J connectivity index is 1.86. The Morgan fingerprint density at radius 1 is 1.25 bits per heavy atom. The Bertz CT molecular complexity index is 595. The van der Waals surface area contributed by atoms with Crippen LogP contribution >= 0.6 is 0 Å². The van der Waals surface area contributed by atoms with Crippen LogP contribution in [-0.2, 0) is 15.1 Å². The van der Waals surface area contributed by atoms with Gasteiger partial charge in [-0.25, -0.2) is 13.6 Å². The minimum atomic E-state index is -2.86. The maximum Gasteiger partial charge on any atom is 0.343 e. The lowest BCUT2D eigenvalue weighted by atomic mass is 9.80. The third-order valence-electron chi connectivity index (χ3n) is 5.22. The van der Waals surface area contributed by atoms with Crippen molar-refractivity contribution >= 4 is 5.97 Å². The molecular weight excluding hydrogens is 316 g/mol. The number of benzene rings is 1. The summed E-state index contributed by atoms with van der Waals surface area (Å²) in [5, 5.41) is 11.2. The van der Waals surface area contributed by atoms with Crippen LogP contribution in [-0.4, -0.2) is 29.1 Å². The molecule has 0 bridgehead atoms. The van der Waals surface area contributed by atoms with Crippen molar-refractivity contribution in [2.45, 2.75) is 62.2 Å². The van der Waals surface area contributed by atoms with E-state index in [2.05, 4.69) is 0 Å². The van der Waals surface area contributed by atoms with E-state index in [4.69, 9.17) is 10.5 Å². The van der Waals surface area contributed by atoms with Crippen LogP contribution in [0.5, 0.6) is 0 Å². The van der Waals surface area contributed by atoms with E-state index in [0.29, 0.717) is 18.4 Å². The Morgan fingerprint density at radius 2 is 1.96 bits per heavy atom. The number of carbonyl (C=O) groups is 1. The van der Waals surface area contributed by atoms with Gasteiger partial charge in [-0.1, -0.05) is 30.3 Å². The molecule has 24 heavy (non-hydrogen) atoms. The topological polar surface area (TPSA) is 72.5 Å². The summed E-state index contributed by atoms with van der Waals surface area (Å²) in [6, 6.07) is 8.23. The van der Waals surface area contributed by atoms with Crippen LogP contribution in [0.2, 0.25) is 0 Å². The van der Waals surface area contributed by atoms with Gasteiger partial charge in [0, 0.05) is 24.8 Å². The number of ether oxygens (including phenoxy) is 1. The molecule has 0 aliphatic heterocycles. The summed E-state index contributed by atoms with van der Waals surface area (Å²) in [5.74, 6) is -4.56. The fraction of sp³-hybridized carbons (Fsp3) is 0.611. The monoisotopic (exact) mass is 339 g/mol. The van der Waals surface area contributed by atoms with Crippen molar-refractivity contribution in [3.63, 3.8) is 0 Å². The highest BCUT2D eigenvalue weighted by atomic mass is 19.3. The molecule has 132 valence electrons. The van der Waals surface area contributed by atoms with Crippen molar-refractivity contribution in [2.75, 3.05) is 0 Å². The van der Waals surface area contributed by atoms with Gasteiger partial charge in [-0.3, -0.25) is 0 Å². The predicted octanol–water partition coefficient (Wildman–Crippen LogP) is 2.73. The molecule has 2 saturated carbocycles. The van der Waals surface area contributed by atoms with Gasteiger partial charge >= 0.3 is 5.97 Å². The predicted molar refractivity (Wildman–Crippen MR) is 84.3 cm³/mol. The van der Waals surface area contributed by atoms with E-state index < -0.39 is 29.8 Å². The third-order valence-corrected chi connectivity index (χ3v) is 5.22. The zero-order valence-corrected chi connectivity index (χ0v) is 13.5. The van der Waals surface area contributed by atoms with Gasteiger partial charge < -0.3 is 15.6 Å². The van der Waals surface area contributed by atoms with E-state index in [1.54, 1.807) is 30.3 Å². The third kappa shape index (κ3) is 3.30. The first-order valence-corrected chi connectivity index (χ1v) is 8.43. The molecule has 2 fully saturated rings. The van der Waals surface area contributed by atoms with E-state index in [1.165, 1.54) is 0 Å². The largest absolute Gasteiger partial charge is 0.460 e. The number of nitrogens with two attached hydrogens (primary N) is 1. The van der Waals surface area contributed by atoms with Crippen molar-refractivity contribution in [1.82, 2.24) is 0 Å². The van der Waals surface area contributed by atoms with Crippen molar-refractivity contribution in [1.29, 1.82) is 0 Å². The number of carbonyl (C=O) groups excluding carboxylic acids is 1. The normalized spacial score (nSPS) is 31.6. The number of hydrogen-bond acceptors (Lipinski definition) is 4. The molecule has 2 aliphatic rings. The maximum atomic E-state index is 13.7. The Labute approximate surface area is 140 Å². The second-order valence-corrected chi connectivity index (χ2v) is 7.03. The first-order chi connectivity index (χ1) is 11.3. The average molecular weight is 339 g/mol. The van der Waals surface area contributed by atoms with E-state index in [-0.39, 0.29) is 25.0 Å². The van der Waals surface area contributed by atoms with Crippen LogP contribution in [0.1, 0.15) is 44.1 Å². The summed E-state index contributed by atoms with van der Waals surface area (Å²) in [4.78, 5) is 12.8. The van der Waals surface area contributed by atoms with Crippen molar-refractivity contribution in [3.05, 3.63) is 35.9 Å². The highest BCUT2D eigenvalue weighted by molar-refractivity contribution is 5.82. The van der Waals surface area contributed by atoms with Gasteiger partial charge in [0.05, 0.1) is 0 Å². The molecule has 0 radical (unpaired) electrons. The van der Waals surface area contributed by atoms with Crippen LogP contribution in [0.15, 0.2) is 30.3 Å². The number of rotatable bonds is 4. The zero-order valence-electron chi connectivity index (χ0n) is 13.5. The first-order valence-electron chi connectivity index (χ1n) is 8.43. The Kier molecular flexibility index (Phi) is 4.62. The maximum absolute atomic E-state index is 13.7. The van der Waals surface area contributed by atoms with Crippen LogP contribution in [0.3, 0.4) is 0 Å². The minimum absolute atomic E-state index is 0.0246. The highest BCUT2D eigenvalue weighted by Gasteiger charge is 2.54. The number of halogens is 2. The van der Waals surface area contributed by atoms with E-state index in [1.807, 2.05) is 0 Å². The lowest BCUT2D eigenvalue weighted by Crippen LogP contribution is -2.45. The second-order valence-electron chi connectivity index (χ2n) is 7.03. The average Bonchev–Trinajstić information content (AvgIpc) is 3.12. The van der Waals surface area contributed by atoms with E-state index >= 15 is 0 Å². The number of esters is 1. The molecule has 3 rings (SSSR count). The van der Waals surface area contributed by atoms with Crippen molar-refractivity contribution < 1.29 is 23.4 Å². The zero-order chi connectivity index (χ0) is 17.4. The highest BCUT2D eigenvalue weighted by Crippen LogP contribution is 2.48. The quantitative estimate of drug-likeness (QED) is 0.828. The van der Waals surface area contributed by atoms with Gasteiger partial charge in [0.1, 0.15) is 6.10 Å². The standard InChI is InChI=1S/C18H23F2NO3/c19-17(20)9-8-13(11-17)18(23,12-4-2-1-3-5-12)16(22)24-15-7-6-14(21)10-15/h1-5,13-15,23H,6-11,21H2. The molecule has 4 unspecified atom stereocenters. The van der Waals surface area contributed by atoms with Gasteiger partial charge in [0.25, 0.3) is 0 Å². The van der Waals surface area contributed by atoms with Crippen LogP contribution in [0.25, 0.3) is 0 Å². The SMILES string of the molecule is NC1CCC(OC(=O)C(O)(c2ccccc2)C2CCC(F)(F)C2)C1. The molecule has 2 aliphatic carbocycles. The second kappa shape index (κ2) is 6.41.